The lowest BCUT2D eigenvalue weighted by Gasteiger charge is -2.20. The molecule has 12 heavy (non-hydrogen) atoms. The minimum Gasteiger partial charge on any atom is -0.480 e. The average Bonchev–Trinajstić information content (AvgIpc) is 2.50. The number of likely N-dealkylation sites (tertiary alicyclic amines) is 1. The maximum Gasteiger partial charge on any atom is 0.326 e. The van der Waals surface area contributed by atoms with Crippen molar-refractivity contribution >= 4 is 12.0 Å². The summed E-state index contributed by atoms with van der Waals surface area (Å²) >= 11 is 0. The molecular weight excluding hydrogens is 160 g/mol. The second-order valence-corrected chi connectivity index (χ2v) is 2.74. The third-order valence-electron chi connectivity index (χ3n) is 2.01. The Bertz CT molecular complexity index is 205. The van der Waals surface area contributed by atoms with E-state index in [0.717, 1.165) is 6.42 Å². The van der Waals surface area contributed by atoms with Crippen molar-refractivity contribution in [1.82, 2.24) is 10.2 Å². The number of amides is 2. The van der Waals surface area contributed by atoms with E-state index in [4.69, 9.17) is 5.11 Å². The Morgan fingerprint density at radius 3 is 2.75 bits per heavy atom. The van der Waals surface area contributed by atoms with Crippen LogP contribution in [0.4, 0.5) is 4.79 Å². The minimum atomic E-state index is -0.920. The molecular formula is C7H12N2O3. The largest absolute Gasteiger partial charge is 0.480 e. The lowest BCUT2D eigenvalue weighted by atomic mass is 10.2. The fourth-order valence-electron chi connectivity index (χ4n) is 1.41. The normalized spacial score (nSPS) is 22.4. The van der Waals surface area contributed by atoms with Gasteiger partial charge >= 0.3 is 12.0 Å². The summed E-state index contributed by atoms with van der Waals surface area (Å²) in [5.41, 5.74) is 0. The van der Waals surface area contributed by atoms with Gasteiger partial charge in [0.2, 0.25) is 0 Å². The number of carboxylic acids is 1. The number of carboxylic acid groups (broad SMARTS) is 1. The first kappa shape index (κ1) is 8.83. The lowest BCUT2D eigenvalue weighted by Crippen LogP contribution is -2.44. The Morgan fingerprint density at radius 2 is 2.25 bits per heavy atom. The number of urea groups is 1. The Morgan fingerprint density at radius 1 is 1.58 bits per heavy atom. The van der Waals surface area contributed by atoms with Gasteiger partial charge in [-0.1, -0.05) is 0 Å². The molecule has 1 aliphatic rings. The molecule has 0 unspecified atom stereocenters. The molecule has 2 N–H and O–H groups in total. The van der Waals surface area contributed by atoms with Crippen LogP contribution in [0.15, 0.2) is 0 Å². The molecule has 1 fully saturated rings. The maximum atomic E-state index is 11.1. The zero-order valence-electron chi connectivity index (χ0n) is 6.91. The number of hydrogen-bond donors (Lipinski definition) is 2. The van der Waals surface area contributed by atoms with Gasteiger partial charge in [-0.15, -0.1) is 0 Å². The van der Waals surface area contributed by atoms with E-state index in [1.165, 1.54) is 11.9 Å². The number of hydrogen-bond acceptors (Lipinski definition) is 2. The molecule has 5 heteroatoms. The van der Waals surface area contributed by atoms with Crippen molar-refractivity contribution in [2.24, 2.45) is 0 Å². The quantitative estimate of drug-likeness (QED) is 0.579. The van der Waals surface area contributed by atoms with Gasteiger partial charge in [-0.05, 0) is 12.8 Å². The van der Waals surface area contributed by atoms with Crippen LogP contribution >= 0.6 is 0 Å². The molecule has 0 aromatic rings. The van der Waals surface area contributed by atoms with Gasteiger partial charge < -0.3 is 15.3 Å². The Balaban J connectivity index is 2.63. The minimum absolute atomic E-state index is 0.306. The second-order valence-electron chi connectivity index (χ2n) is 2.74. The van der Waals surface area contributed by atoms with Gasteiger partial charge in [0, 0.05) is 13.6 Å². The van der Waals surface area contributed by atoms with Crippen molar-refractivity contribution < 1.29 is 14.7 Å². The van der Waals surface area contributed by atoms with Crippen LogP contribution in [0.5, 0.6) is 0 Å². The first-order chi connectivity index (χ1) is 5.66. The van der Waals surface area contributed by atoms with E-state index in [2.05, 4.69) is 5.32 Å². The van der Waals surface area contributed by atoms with Gasteiger partial charge in [-0.25, -0.2) is 9.59 Å². The van der Waals surface area contributed by atoms with E-state index in [0.29, 0.717) is 13.0 Å². The molecule has 1 aliphatic heterocycles. The summed E-state index contributed by atoms with van der Waals surface area (Å²) < 4.78 is 0. The van der Waals surface area contributed by atoms with Crippen LogP contribution in [0.25, 0.3) is 0 Å². The molecule has 5 nitrogen and oxygen atoms in total. The molecule has 0 aromatic heterocycles. The fourth-order valence-corrected chi connectivity index (χ4v) is 1.41. The number of carbonyl (C=O) groups is 2. The standard InChI is InChI=1S/C7H12N2O3/c1-8-7(12)9-4-2-3-5(9)6(10)11/h5H,2-4H2,1H3,(H,8,12)(H,10,11)/t5-/m1/s1. The van der Waals surface area contributed by atoms with Gasteiger partial charge in [0.15, 0.2) is 0 Å². The van der Waals surface area contributed by atoms with Gasteiger partial charge in [0.1, 0.15) is 6.04 Å². The van der Waals surface area contributed by atoms with Crippen molar-refractivity contribution in [3.8, 4) is 0 Å². The number of rotatable bonds is 1. The van der Waals surface area contributed by atoms with Gasteiger partial charge in [0.05, 0.1) is 0 Å². The van der Waals surface area contributed by atoms with Crippen LogP contribution in [0.1, 0.15) is 12.8 Å². The molecule has 0 spiro atoms. The van der Waals surface area contributed by atoms with E-state index < -0.39 is 12.0 Å². The molecule has 1 rings (SSSR count). The lowest BCUT2D eigenvalue weighted by molar-refractivity contribution is -0.141. The molecule has 0 aromatic carbocycles. The van der Waals surface area contributed by atoms with Crippen LogP contribution in [-0.4, -0.2) is 41.6 Å². The van der Waals surface area contributed by atoms with Crippen molar-refractivity contribution in [3.05, 3.63) is 0 Å². The predicted molar refractivity (Wildman–Crippen MR) is 41.8 cm³/mol. The van der Waals surface area contributed by atoms with E-state index in [9.17, 15) is 9.59 Å². The van der Waals surface area contributed by atoms with Crippen LogP contribution in [0, 0.1) is 0 Å². The van der Waals surface area contributed by atoms with Crippen molar-refractivity contribution in [3.63, 3.8) is 0 Å². The average molecular weight is 172 g/mol. The zero-order chi connectivity index (χ0) is 9.14. The van der Waals surface area contributed by atoms with Gasteiger partial charge in [-0.2, -0.15) is 0 Å². The first-order valence-corrected chi connectivity index (χ1v) is 3.88. The van der Waals surface area contributed by atoms with E-state index >= 15 is 0 Å². The molecule has 0 aliphatic carbocycles. The molecule has 0 saturated carbocycles. The Hall–Kier alpha value is -1.26. The SMILES string of the molecule is CNC(=O)N1CCC[C@@H]1C(=O)O. The summed E-state index contributed by atoms with van der Waals surface area (Å²) in [5, 5.41) is 11.1. The first-order valence-electron chi connectivity index (χ1n) is 3.88. The van der Waals surface area contributed by atoms with Crippen LogP contribution in [0.3, 0.4) is 0 Å². The molecule has 1 heterocycles. The van der Waals surface area contributed by atoms with Crippen LogP contribution < -0.4 is 5.32 Å². The summed E-state index contributed by atoms with van der Waals surface area (Å²) in [6.07, 6.45) is 1.33. The fraction of sp³-hybridized carbons (Fsp3) is 0.714. The summed E-state index contributed by atoms with van der Waals surface area (Å²) in [6.45, 7) is 0.538. The summed E-state index contributed by atoms with van der Waals surface area (Å²) in [7, 11) is 1.50. The zero-order valence-corrected chi connectivity index (χ0v) is 6.91. The topological polar surface area (TPSA) is 69.6 Å². The number of nitrogens with zero attached hydrogens (tertiary/aromatic N) is 1. The highest BCUT2D eigenvalue weighted by atomic mass is 16.4. The highest BCUT2D eigenvalue weighted by Gasteiger charge is 2.33. The molecule has 1 saturated heterocycles. The third kappa shape index (κ3) is 1.49. The number of carbonyl (C=O) groups excluding carboxylic acids is 1. The second kappa shape index (κ2) is 3.42. The van der Waals surface area contributed by atoms with Gasteiger partial charge in [0.25, 0.3) is 0 Å². The van der Waals surface area contributed by atoms with E-state index in [1.807, 2.05) is 0 Å². The summed E-state index contributed by atoms with van der Waals surface area (Å²) in [5.74, 6) is -0.920. The molecule has 0 radical (unpaired) electrons. The highest BCUT2D eigenvalue weighted by molar-refractivity contribution is 5.83. The Labute approximate surface area is 70.4 Å². The van der Waals surface area contributed by atoms with E-state index in [1.54, 1.807) is 0 Å². The highest BCUT2D eigenvalue weighted by Crippen LogP contribution is 2.16. The summed E-state index contributed by atoms with van der Waals surface area (Å²) in [4.78, 5) is 23.0. The van der Waals surface area contributed by atoms with Crippen LogP contribution in [-0.2, 0) is 4.79 Å². The Kier molecular flexibility index (Phi) is 2.52. The monoisotopic (exact) mass is 172 g/mol. The molecule has 0 bridgehead atoms. The van der Waals surface area contributed by atoms with Crippen molar-refractivity contribution in [2.45, 2.75) is 18.9 Å². The maximum absolute atomic E-state index is 11.1. The predicted octanol–water partition coefficient (Wildman–Crippen LogP) is -0.125. The third-order valence-corrected chi connectivity index (χ3v) is 2.01. The van der Waals surface area contributed by atoms with Crippen LogP contribution in [0.2, 0.25) is 0 Å². The molecule has 1 atom stereocenters. The van der Waals surface area contributed by atoms with Gasteiger partial charge in [-0.3, -0.25) is 0 Å². The smallest absolute Gasteiger partial charge is 0.326 e. The van der Waals surface area contributed by atoms with Crippen molar-refractivity contribution in [1.29, 1.82) is 0 Å². The molecule has 68 valence electrons. The number of nitrogens with one attached hydrogen (secondary N) is 1. The molecule has 2 amide bonds. The number of aliphatic carboxylic acids is 1. The summed E-state index contributed by atoms with van der Waals surface area (Å²) in [6, 6.07) is -0.940. The van der Waals surface area contributed by atoms with E-state index in [-0.39, 0.29) is 6.03 Å². The van der Waals surface area contributed by atoms with Crippen molar-refractivity contribution in [2.75, 3.05) is 13.6 Å².